The van der Waals surface area contributed by atoms with Crippen LogP contribution in [0.25, 0.3) is 0 Å². The van der Waals surface area contributed by atoms with Gasteiger partial charge >= 0.3 is 0 Å². The molecule has 130 valence electrons. The summed E-state index contributed by atoms with van der Waals surface area (Å²) in [6, 6.07) is 9.93. The SMILES string of the molecule is Cc1ccc(C)c(OCC(=O)NN=Cc2ccc(Cl)c([N+](=O)[O-])c2)c1. The van der Waals surface area contributed by atoms with E-state index < -0.39 is 10.8 Å². The van der Waals surface area contributed by atoms with Gasteiger partial charge in [-0.05, 0) is 37.1 Å². The van der Waals surface area contributed by atoms with Gasteiger partial charge in [0.2, 0.25) is 0 Å². The Morgan fingerprint density at radius 1 is 1.32 bits per heavy atom. The molecule has 0 heterocycles. The van der Waals surface area contributed by atoms with Crippen LogP contribution in [0.1, 0.15) is 16.7 Å². The second kappa shape index (κ2) is 8.25. The summed E-state index contributed by atoms with van der Waals surface area (Å²) < 4.78 is 5.46. The molecule has 0 bridgehead atoms. The summed E-state index contributed by atoms with van der Waals surface area (Å²) in [5.74, 6) is 0.188. The summed E-state index contributed by atoms with van der Waals surface area (Å²) in [7, 11) is 0. The van der Waals surface area contributed by atoms with Crippen LogP contribution in [-0.2, 0) is 4.79 Å². The molecule has 0 radical (unpaired) electrons. The predicted octanol–water partition coefficient (Wildman–Crippen LogP) is 3.39. The highest BCUT2D eigenvalue weighted by Crippen LogP contribution is 2.24. The van der Waals surface area contributed by atoms with Crippen molar-refractivity contribution in [2.45, 2.75) is 13.8 Å². The number of hydrogen-bond acceptors (Lipinski definition) is 5. The van der Waals surface area contributed by atoms with Crippen LogP contribution in [-0.4, -0.2) is 23.7 Å². The van der Waals surface area contributed by atoms with E-state index in [-0.39, 0.29) is 17.3 Å². The summed E-state index contributed by atoms with van der Waals surface area (Å²) in [5, 5.41) is 14.6. The van der Waals surface area contributed by atoms with Crippen molar-refractivity contribution < 1.29 is 14.5 Å². The largest absolute Gasteiger partial charge is 0.483 e. The van der Waals surface area contributed by atoms with Crippen LogP contribution >= 0.6 is 11.6 Å². The van der Waals surface area contributed by atoms with Crippen LogP contribution in [0, 0.1) is 24.0 Å². The van der Waals surface area contributed by atoms with Crippen LogP contribution in [0.4, 0.5) is 5.69 Å². The maximum atomic E-state index is 11.8. The fraction of sp³-hybridized carbons (Fsp3) is 0.176. The minimum Gasteiger partial charge on any atom is -0.483 e. The Bertz CT molecular complexity index is 837. The lowest BCUT2D eigenvalue weighted by molar-refractivity contribution is -0.384. The zero-order chi connectivity index (χ0) is 18.4. The van der Waals surface area contributed by atoms with Gasteiger partial charge in [-0.3, -0.25) is 14.9 Å². The maximum Gasteiger partial charge on any atom is 0.288 e. The molecule has 0 atom stereocenters. The van der Waals surface area contributed by atoms with Crippen LogP contribution < -0.4 is 10.2 Å². The molecule has 0 saturated carbocycles. The molecular formula is C17H16ClN3O4. The topological polar surface area (TPSA) is 93.8 Å². The lowest BCUT2D eigenvalue weighted by Gasteiger charge is -2.08. The predicted molar refractivity (Wildman–Crippen MR) is 95.3 cm³/mol. The van der Waals surface area contributed by atoms with Crippen molar-refractivity contribution in [2.24, 2.45) is 5.10 Å². The lowest BCUT2D eigenvalue weighted by atomic mass is 10.1. The molecule has 0 spiro atoms. The van der Waals surface area contributed by atoms with E-state index in [1.807, 2.05) is 32.0 Å². The smallest absolute Gasteiger partial charge is 0.288 e. The number of amides is 1. The third-order valence-corrected chi connectivity index (χ3v) is 3.59. The van der Waals surface area contributed by atoms with Gasteiger partial charge in [-0.2, -0.15) is 5.10 Å². The number of rotatable bonds is 6. The number of halogens is 1. The summed E-state index contributed by atoms with van der Waals surface area (Å²) in [6.07, 6.45) is 1.29. The number of benzene rings is 2. The van der Waals surface area contributed by atoms with Gasteiger partial charge in [-0.25, -0.2) is 5.43 Å². The van der Waals surface area contributed by atoms with Crippen LogP contribution in [0.15, 0.2) is 41.5 Å². The second-order valence-electron chi connectivity index (χ2n) is 5.32. The minimum absolute atomic E-state index is 0.0353. The van der Waals surface area contributed by atoms with Gasteiger partial charge < -0.3 is 4.74 Å². The third-order valence-electron chi connectivity index (χ3n) is 3.27. The lowest BCUT2D eigenvalue weighted by Crippen LogP contribution is -2.24. The van der Waals surface area contributed by atoms with E-state index in [0.717, 1.165) is 11.1 Å². The molecule has 2 rings (SSSR count). The van der Waals surface area contributed by atoms with Crippen LogP contribution in [0.3, 0.4) is 0 Å². The number of nitrogens with zero attached hydrogens (tertiary/aromatic N) is 2. The fourth-order valence-corrected chi connectivity index (χ4v) is 2.15. The number of nitro groups is 1. The molecule has 0 aliphatic carbocycles. The van der Waals surface area contributed by atoms with E-state index in [1.54, 1.807) is 6.07 Å². The minimum atomic E-state index is -0.587. The van der Waals surface area contributed by atoms with Gasteiger partial charge in [0.1, 0.15) is 10.8 Å². The molecule has 25 heavy (non-hydrogen) atoms. The zero-order valence-corrected chi connectivity index (χ0v) is 14.4. The average molecular weight is 362 g/mol. The first kappa shape index (κ1) is 18.4. The number of carbonyl (C=O) groups is 1. The van der Waals surface area contributed by atoms with Gasteiger partial charge in [-0.15, -0.1) is 0 Å². The molecule has 0 aromatic heterocycles. The Balaban J connectivity index is 1.91. The number of hydrazone groups is 1. The quantitative estimate of drug-likeness (QED) is 0.484. The number of carbonyl (C=O) groups excluding carboxylic acids is 1. The highest BCUT2D eigenvalue weighted by atomic mass is 35.5. The molecule has 0 aliphatic heterocycles. The fourth-order valence-electron chi connectivity index (χ4n) is 1.97. The van der Waals surface area contributed by atoms with Crippen LogP contribution in [0.2, 0.25) is 5.02 Å². The number of hydrogen-bond donors (Lipinski definition) is 1. The average Bonchev–Trinajstić information content (AvgIpc) is 2.57. The molecule has 8 heteroatoms. The Morgan fingerprint density at radius 2 is 2.08 bits per heavy atom. The molecule has 7 nitrogen and oxygen atoms in total. The molecule has 0 aliphatic rings. The second-order valence-corrected chi connectivity index (χ2v) is 5.73. The Kier molecular flexibility index (Phi) is 6.08. The maximum absolute atomic E-state index is 11.8. The normalized spacial score (nSPS) is 10.7. The number of nitro benzene ring substituents is 1. The zero-order valence-electron chi connectivity index (χ0n) is 13.7. The monoisotopic (exact) mass is 361 g/mol. The van der Waals surface area contributed by atoms with Gasteiger partial charge in [0.05, 0.1) is 11.1 Å². The van der Waals surface area contributed by atoms with Gasteiger partial charge in [-0.1, -0.05) is 29.8 Å². The highest BCUT2D eigenvalue weighted by Gasteiger charge is 2.12. The molecule has 0 fully saturated rings. The van der Waals surface area contributed by atoms with E-state index in [0.29, 0.717) is 11.3 Å². The van der Waals surface area contributed by atoms with Crippen molar-refractivity contribution in [3.63, 3.8) is 0 Å². The van der Waals surface area contributed by atoms with Gasteiger partial charge in [0.15, 0.2) is 6.61 Å². The molecule has 0 unspecified atom stereocenters. The molecule has 2 aromatic carbocycles. The first-order chi connectivity index (χ1) is 11.9. The Labute approximate surface area is 149 Å². The molecule has 1 amide bonds. The van der Waals surface area contributed by atoms with Gasteiger partial charge in [0, 0.05) is 11.6 Å². The van der Waals surface area contributed by atoms with Crippen LogP contribution in [0.5, 0.6) is 5.75 Å². The summed E-state index contributed by atoms with van der Waals surface area (Å²) in [4.78, 5) is 22.0. The van der Waals surface area contributed by atoms with Crippen molar-refractivity contribution in [1.29, 1.82) is 0 Å². The molecule has 1 N–H and O–H groups in total. The summed E-state index contributed by atoms with van der Waals surface area (Å²) >= 11 is 5.73. The van der Waals surface area contributed by atoms with Crippen molar-refractivity contribution >= 4 is 29.4 Å². The van der Waals surface area contributed by atoms with E-state index in [4.69, 9.17) is 16.3 Å². The number of ether oxygens (including phenoxy) is 1. The third kappa shape index (κ3) is 5.29. The van der Waals surface area contributed by atoms with Gasteiger partial charge in [0.25, 0.3) is 11.6 Å². The van der Waals surface area contributed by atoms with E-state index in [2.05, 4.69) is 10.5 Å². The van der Waals surface area contributed by atoms with E-state index in [9.17, 15) is 14.9 Å². The Morgan fingerprint density at radius 3 is 2.80 bits per heavy atom. The molecule has 2 aromatic rings. The highest BCUT2D eigenvalue weighted by molar-refractivity contribution is 6.32. The number of nitrogens with one attached hydrogen (secondary N) is 1. The molecule has 0 saturated heterocycles. The summed E-state index contributed by atoms with van der Waals surface area (Å²) in [5.41, 5.74) is 4.47. The first-order valence-corrected chi connectivity index (χ1v) is 7.70. The Hall–Kier alpha value is -2.93. The summed E-state index contributed by atoms with van der Waals surface area (Å²) in [6.45, 7) is 3.63. The number of aryl methyl sites for hydroxylation is 2. The standard InChI is InChI=1S/C17H16ClN3O4/c1-11-3-4-12(2)16(7-11)25-10-17(22)20-19-9-13-5-6-14(18)15(8-13)21(23)24/h3-9H,10H2,1-2H3,(H,20,22). The van der Waals surface area contributed by atoms with Crippen molar-refractivity contribution in [3.8, 4) is 5.75 Å². The van der Waals surface area contributed by atoms with Crippen molar-refractivity contribution in [1.82, 2.24) is 5.43 Å². The molecular weight excluding hydrogens is 346 g/mol. The van der Waals surface area contributed by atoms with E-state index in [1.165, 1.54) is 18.3 Å². The van der Waals surface area contributed by atoms with Crippen molar-refractivity contribution in [3.05, 3.63) is 68.2 Å². The van der Waals surface area contributed by atoms with E-state index >= 15 is 0 Å². The van der Waals surface area contributed by atoms with Crippen molar-refractivity contribution in [2.75, 3.05) is 6.61 Å². The first-order valence-electron chi connectivity index (χ1n) is 7.32.